The lowest BCUT2D eigenvalue weighted by Gasteiger charge is -2.14. The molecule has 6 rings (SSSR count). The van der Waals surface area contributed by atoms with Gasteiger partial charge in [-0.25, -0.2) is 4.39 Å². The van der Waals surface area contributed by atoms with Gasteiger partial charge in [-0.15, -0.1) is 0 Å². The second-order valence-electron chi connectivity index (χ2n) is 10.3. The first-order valence-electron chi connectivity index (χ1n) is 13.5. The van der Waals surface area contributed by atoms with E-state index in [4.69, 9.17) is 9.26 Å². The standard InChI is InChI=1S/C34H29FN2O3/c1-3-39-33(38)34(16-17-34)28-13-11-25(12-14-28)24-7-9-26(10-8-24)32-30(22(2)37-40-32)19-23-15-18-36-31(20-23)27-5-4-6-29(35)21-27/h4-15,18,20-21H,3,16-17,19H2,1-2H3. The van der Waals surface area contributed by atoms with Crippen LogP contribution in [0, 0.1) is 12.7 Å². The molecular weight excluding hydrogens is 503 g/mol. The van der Waals surface area contributed by atoms with Gasteiger partial charge in [0.15, 0.2) is 5.76 Å². The summed E-state index contributed by atoms with van der Waals surface area (Å²) in [6, 6.07) is 26.8. The first-order valence-corrected chi connectivity index (χ1v) is 13.5. The van der Waals surface area contributed by atoms with Crippen molar-refractivity contribution < 1.29 is 18.4 Å². The summed E-state index contributed by atoms with van der Waals surface area (Å²) in [7, 11) is 0. The molecule has 200 valence electrons. The highest BCUT2D eigenvalue weighted by Gasteiger charge is 2.52. The molecule has 1 saturated carbocycles. The van der Waals surface area contributed by atoms with Gasteiger partial charge in [0.1, 0.15) is 5.82 Å². The summed E-state index contributed by atoms with van der Waals surface area (Å²) in [6.45, 7) is 4.18. The van der Waals surface area contributed by atoms with Gasteiger partial charge in [0, 0.05) is 29.3 Å². The van der Waals surface area contributed by atoms with E-state index in [2.05, 4.69) is 34.4 Å². The minimum absolute atomic E-state index is 0.123. The Morgan fingerprint density at radius 1 is 0.925 bits per heavy atom. The van der Waals surface area contributed by atoms with E-state index < -0.39 is 5.41 Å². The van der Waals surface area contributed by atoms with Crippen LogP contribution >= 0.6 is 0 Å². The summed E-state index contributed by atoms with van der Waals surface area (Å²) in [5, 5.41) is 4.25. The lowest BCUT2D eigenvalue weighted by molar-refractivity contribution is -0.146. The minimum atomic E-state index is -0.466. The van der Waals surface area contributed by atoms with Crippen LogP contribution in [0.15, 0.2) is 95.6 Å². The van der Waals surface area contributed by atoms with Gasteiger partial charge in [-0.2, -0.15) is 0 Å². The molecule has 1 aliphatic carbocycles. The van der Waals surface area contributed by atoms with Crippen molar-refractivity contribution in [3.63, 3.8) is 0 Å². The first-order chi connectivity index (χ1) is 19.5. The average Bonchev–Trinajstić information content (AvgIpc) is 3.72. The highest BCUT2D eigenvalue weighted by Crippen LogP contribution is 2.49. The summed E-state index contributed by atoms with van der Waals surface area (Å²) < 4.78 is 24.8. The average molecular weight is 533 g/mol. The molecule has 0 unspecified atom stereocenters. The molecule has 0 radical (unpaired) electrons. The molecule has 6 heteroatoms. The number of carbonyl (C=O) groups excluding carboxylic acids is 1. The van der Waals surface area contributed by atoms with Crippen molar-refractivity contribution in [3.05, 3.63) is 119 Å². The summed E-state index contributed by atoms with van der Waals surface area (Å²) >= 11 is 0. The van der Waals surface area contributed by atoms with Crippen LogP contribution in [0.4, 0.5) is 4.39 Å². The Hall–Kier alpha value is -4.58. The number of ether oxygens (including phenoxy) is 1. The van der Waals surface area contributed by atoms with Gasteiger partial charge >= 0.3 is 5.97 Å². The number of carbonyl (C=O) groups is 1. The van der Waals surface area contributed by atoms with E-state index in [-0.39, 0.29) is 11.8 Å². The van der Waals surface area contributed by atoms with Gasteiger partial charge in [0.2, 0.25) is 0 Å². The molecular formula is C34H29FN2O3. The smallest absolute Gasteiger partial charge is 0.316 e. The summed E-state index contributed by atoms with van der Waals surface area (Å²) in [4.78, 5) is 16.9. The third kappa shape index (κ3) is 4.93. The van der Waals surface area contributed by atoms with Crippen LogP contribution in [-0.4, -0.2) is 22.7 Å². The summed E-state index contributed by atoms with van der Waals surface area (Å²) in [6.07, 6.45) is 4.03. The maximum absolute atomic E-state index is 13.7. The zero-order valence-electron chi connectivity index (χ0n) is 22.5. The lowest BCUT2D eigenvalue weighted by Crippen LogP contribution is -2.23. The van der Waals surface area contributed by atoms with E-state index in [1.807, 2.05) is 56.3 Å². The van der Waals surface area contributed by atoms with E-state index in [1.54, 1.807) is 12.3 Å². The Balaban J connectivity index is 1.22. The van der Waals surface area contributed by atoms with Crippen molar-refractivity contribution >= 4 is 5.97 Å². The molecule has 5 nitrogen and oxygen atoms in total. The number of aryl methyl sites for hydroxylation is 1. The van der Waals surface area contributed by atoms with Gasteiger partial charge in [-0.05, 0) is 73.2 Å². The number of hydrogen-bond acceptors (Lipinski definition) is 5. The molecule has 2 heterocycles. The predicted molar refractivity (Wildman–Crippen MR) is 152 cm³/mol. The fraction of sp³-hybridized carbons (Fsp3) is 0.206. The zero-order chi connectivity index (χ0) is 27.7. The maximum Gasteiger partial charge on any atom is 0.316 e. The van der Waals surface area contributed by atoms with E-state index >= 15 is 0 Å². The quantitative estimate of drug-likeness (QED) is 0.192. The number of nitrogens with zero attached hydrogens (tertiary/aromatic N) is 2. The number of halogens is 1. The van der Waals surface area contributed by atoms with Gasteiger partial charge in [-0.1, -0.05) is 65.8 Å². The Kier molecular flexibility index (Phi) is 6.76. The van der Waals surface area contributed by atoms with E-state index in [9.17, 15) is 9.18 Å². The molecule has 0 atom stereocenters. The van der Waals surface area contributed by atoms with Crippen LogP contribution in [0.3, 0.4) is 0 Å². The molecule has 0 aliphatic heterocycles. The molecule has 3 aromatic carbocycles. The first kappa shape index (κ1) is 25.7. The molecule has 2 aromatic heterocycles. The number of esters is 1. The van der Waals surface area contributed by atoms with Crippen LogP contribution in [0.5, 0.6) is 0 Å². The second-order valence-corrected chi connectivity index (χ2v) is 10.3. The van der Waals surface area contributed by atoms with Crippen molar-refractivity contribution in [3.8, 4) is 33.7 Å². The Bertz CT molecular complexity index is 1670. The molecule has 0 bridgehead atoms. The van der Waals surface area contributed by atoms with E-state index in [0.717, 1.165) is 68.9 Å². The monoisotopic (exact) mass is 532 g/mol. The van der Waals surface area contributed by atoms with Crippen LogP contribution in [0.1, 0.15) is 42.1 Å². The number of benzene rings is 3. The van der Waals surface area contributed by atoms with Crippen LogP contribution in [-0.2, 0) is 21.4 Å². The van der Waals surface area contributed by atoms with Gasteiger partial charge in [0.25, 0.3) is 0 Å². The normalized spacial score (nSPS) is 13.7. The van der Waals surface area contributed by atoms with Crippen LogP contribution in [0.2, 0.25) is 0 Å². The SMILES string of the molecule is CCOC(=O)C1(c2ccc(-c3ccc(-c4onc(C)c4Cc4ccnc(-c5cccc(F)c5)c4)cc3)cc2)CC1. The Morgan fingerprint density at radius 3 is 2.30 bits per heavy atom. The third-order valence-electron chi connectivity index (χ3n) is 7.64. The Labute approximate surface area is 232 Å². The zero-order valence-corrected chi connectivity index (χ0v) is 22.5. The molecule has 0 N–H and O–H groups in total. The van der Waals surface area contributed by atoms with Crippen molar-refractivity contribution in [2.24, 2.45) is 0 Å². The summed E-state index contributed by atoms with van der Waals surface area (Å²) in [5.74, 6) is 0.320. The van der Waals surface area contributed by atoms with Crippen molar-refractivity contribution in [2.75, 3.05) is 6.61 Å². The molecule has 1 aliphatic rings. The molecule has 1 fully saturated rings. The van der Waals surface area contributed by atoms with Crippen LogP contribution < -0.4 is 0 Å². The van der Waals surface area contributed by atoms with Crippen molar-refractivity contribution in [1.29, 1.82) is 0 Å². The molecule has 0 saturated heterocycles. The second kappa shape index (κ2) is 10.5. The number of hydrogen-bond donors (Lipinski definition) is 0. The summed E-state index contributed by atoms with van der Waals surface area (Å²) in [5.41, 5.74) is 7.96. The van der Waals surface area contributed by atoms with Crippen molar-refractivity contribution in [1.82, 2.24) is 10.1 Å². The highest BCUT2D eigenvalue weighted by molar-refractivity contribution is 5.87. The van der Waals surface area contributed by atoms with Gasteiger partial charge in [0.05, 0.1) is 23.4 Å². The predicted octanol–water partition coefficient (Wildman–Crippen LogP) is 7.70. The molecule has 5 aromatic rings. The molecule has 40 heavy (non-hydrogen) atoms. The van der Waals surface area contributed by atoms with E-state index in [1.165, 1.54) is 12.1 Å². The topological polar surface area (TPSA) is 65.2 Å². The lowest BCUT2D eigenvalue weighted by atomic mass is 9.93. The third-order valence-corrected chi connectivity index (χ3v) is 7.64. The molecule has 0 spiro atoms. The fourth-order valence-electron chi connectivity index (χ4n) is 5.22. The van der Waals surface area contributed by atoms with Gasteiger partial charge in [-0.3, -0.25) is 9.78 Å². The Morgan fingerprint density at radius 2 is 1.62 bits per heavy atom. The van der Waals surface area contributed by atoms with Gasteiger partial charge < -0.3 is 9.26 Å². The number of pyridine rings is 1. The fourth-order valence-corrected chi connectivity index (χ4v) is 5.22. The minimum Gasteiger partial charge on any atom is -0.465 e. The van der Waals surface area contributed by atoms with E-state index in [0.29, 0.717) is 13.0 Å². The number of aromatic nitrogens is 2. The van der Waals surface area contributed by atoms with Crippen molar-refractivity contribution in [2.45, 2.75) is 38.5 Å². The largest absolute Gasteiger partial charge is 0.465 e. The van der Waals surface area contributed by atoms with Crippen LogP contribution in [0.25, 0.3) is 33.7 Å². The molecule has 0 amide bonds. The number of rotatable bonds is 8. The maximum atomic E-state index is 13.7. The highest BCUT2D eigenvalue weighted by atomic mass is 19.1.